The van der Waals surface area contributed by atoms with Gasteiger partial charge >= 0.3 is 5.97 Å². The Labute approximate surface area is 116 Å². The van der Waals surface area contributed by atoms with E-state index < -0.39 is 5.41 Å². The Morgan fingerprint density at radius 1 is 1.37 bits per heavy atom. The highest BCUT2D eigenvalue weighted by Crippen LogP contribution is 2.27. The van der Waals surface area contributed by atoms with E-state index in [0.29, 0.717) is 6.04 Å². The van der Waals surface area contributed by atoms with Gasteiger partial charge in [-0.15, -0.1) is 0 Å². The molecular weight excluding hydrogens is 240 g/mol. The van der Waals surface area contributed by atoms with Crippen LogP contribution in [-0.4, -0.2) is 50.2 Å². The predicted octanol–water partition coefficient (Wildman–Crippen LogP) is 1.65. The summed E-state index contributed by atoms with van der Waals surface area (Å²) in [6.07, 6.45) is 5.21. The second-order valence-electron chi connectivity index (χ2n) is 6.72. The molecule has 0 saturated carbocycles. The van der Waals surface area contributed by atoms with Crippen molar-refractivity contribution in [2.24, 2.45) is 11.3 Å². The molecule has 2 aliphatic rings. The highest BCUT2D eigenvalue weighted by atomic mass is 16.5. The fourth-order valence-corrected chi connectivity index (χ4v) is 3.58. The third kappa shape index (κ3) is 3.69. The summed E-state index contributed by atoms with van der Waals surface area (Å²) in [6.45, 7) is 8.19. The van der Waals surface area contributed by atoms with E-state index in [1.165, 1.54) is 39.3 Å². The normalized spacial score (nSPS) is 29.4. The predicted molar refractivity (Wildman–Crippen MR) is 76.0 cm³/mol. The molecule has 0 amide bonds. The summed E-state index contributed by atoms with van der Waals surface area (Å²) in [4.78, 5) is 14.2. The maximum Gasteiger partial charge on any atom is 0.312 e. The molecule has 0 aromatic carbocycles. The van der Waals surface area contributed by atoms with Gasteiger partial charge in [0.25, 0.3) is 0 Å². The zero-order chi connectivity index (χ0) is 13.9. The van der Waals surface area contributed by atoms with E-state index in [-0.39, 0.29) is 5.97 Å². The Morgan fingerprint density at radius 3 is 2.79 bits per heavy atom. The molecule has 2 unspecified atom stereocenters. The van der Waals surface area contributed by atoms with Crippen molar-refractivity contribution >= 4 is 5.97 Å². The van der Waals surface area contributed by atoms with Crippen molar-refractivity contribution in [2.45, 2.75) is 45.6 Å². The average molecular weight is 268 g/mol. The Hall–Kier alpha value is -0.610. The number of ether oxygens (including phenoxy) is 1. The van der Waals surface area contributed by atoms with Gasteiger partial charge in [0, 0.05) is 19.1 Å². The van der Waals surface area contributed by atoms with Crippen LogP contribution in [0.1, 0.15) is 39.5 Å². The van der Waals surface area contributed by atoms with Crippen molar-refractivity contribution in [1.82, 2.24) is 10.2 Å². The molecule has 2 saturated heterocycles. The molecule has 4 nitrogen and oxygen atoms in total. The van der Waals surface area contributed by atoms with Crippen LogP contribution in [0, 0.1) is 11.3 Å². The summed E-state index contributed by atoms with van der Waals surface area (Å²) in [5.41, 5.74) is -0.403. The lowest BCUT2D eigenvalue weighted by Crippen LogP contribution is -2.48. The molecule has 0 radical (unpaired) electrons. The van der Waals surface area contributed by atoms with Crippen LogP contribution in [0.3, 0.4) is 0 Å². The van der Waals surface area contributed by atoms with Crippen LogP contribution < -0.4 is 5.32 Å². The molecule has 4 heteroatoms. The molecule has 0 spiro atoms. The van der Waals surface area contributed by atoms with Gasteiger partial charge in [0.05, 0.1) is 12.5 Å². The standard InChI is InChI=1S/C15H28N2O2/c1-15(2,14(18)19-3)11-17-9-5-6-12(10-17)13-7-4-8-16-13/h12-13,16H,4-11H2,1-3H3. The summed E-state index contributed by atoms with van der Waals surface area (Å²) < 4.78 is 4.91. The average Bonchev–Trinajstić information content (AvgIpc) is 2.91. The monoisotopic (exact) mass is 268 g/mol. The van der Waals surface area contributed by atoms with Gasteiger partial charge in [0.2, 0.25) is 0 Å². The van der Waals surface area contributed by atoms with E-state index in [1.807, 2.05) is 13.8 Å². The summed E-state index contributed by atoms with van der Waals surface area (Å²) >= 11 is 0. The molecule has 2 heterocycles. The van der Waals surface area contributed by atoms with E-state index in [0.717, 1.165) is 25.6 Å². The molecular formula is C15H28N2O2. The number of esters is 1. The van der Waals surface area contributed by atoms with E-state index in [4.69, 9.17) is 4.74 Å². The zero-order valence-corrected chi connectivity index (χ0v) is 12.6. The van der Waals surface area contributed by atoms with E-state index >= 15 is 0 Å². The van der Waals surface area contributed by atoms with Crippen LogP contribution in [0.5, 0.6) is 0 Å². The first-order valence-electron chi connectivity index (χ1n) is 7.57. The minimum atomic E-state index is -0.403. The topological polar surface area (TPSA) is 41.6 Å². The molecule has 2 atom stereocenters. The lowest BCUT2D eigenvalue weighted by Gasteiger charge is -2.38. The number of hydrogen-bond donors (Lipinski definition) is 1. The third-order valence-electron chi connectivity index (χ3n) is 4.57. The second-order valence-corrected chi connectivity index (χ2v) is 6.72. The second kappa shape index (κ2) is 6.23. The first-order valence-corrected chi connectivity index (χ1v) is 7.57. The Bertz CT molecular complexity index is 311. The Morgan fingerprint density at radius 2 is 2.16 bits per heavy atom. The quantitative estimate of drug-likeness (QED) is 0.787. The van der Waals surface area contributed by atoms with Gasteiger partial charge in [-0.25, -0.2) is 0 Å². The number of hydrogen-bond acceptors (Lipinski definition) is 4. The van der Waals surface area contributed by atoms with Gasteiger partial charge in [-0.2, -0.15) is 0 Å². The molecule has 1 N–H and O–H groups in total. The molecule has 0 aromatic heterocycles. The number of nitrogens with zero attached hydrogens (tertiary/aromatic N) is 1. The van der Waals surface area contributed by atoms with Crippen molar-refractivity contribution in [3.8, 4) is 0 Å². The number of carbonyl (C=O) groups is 1. The van der Waals surface area contributed by atoms with Gasteiger partial charge in [0.1, 0.15) is 0 Å². The number of likely N-dealkylation sites (tertiary alicyclic amines) is 1. The largest absolute Gasteiger partial charge is 0.469 e. The zero-order valence-electron chi connectivity index (χ0n) is 12.6. The van der Waals surface area contributed by atoms with Gasteiger partial charge in [-0.3, -0.25) is 4.79 Å². The lowest BCUT2D eigenvalue weighted by molar-refractivity contribution is -0.152. The van der Waals surface area contributed by atoms with Crippen LogP contribution in [0.25, 0.3) is 0 Å². The number of piperidine rings is 1. The van der Waals surface area contributed by atoms with E-state index in [2.05, 4.69) is 10.2 Å². The van der Waals surface area contributed by atoms with Crippen molar-refractivity contribution in [2.75, 3.05) is 33.3 Å². The smallest absolute Gasteiger partial charge is 0.312 e. The van der Waals surface area contributed by atoms with Crippen LogP contribution in [0.2, 0.25) is 0 Å². The number of nitrogens with one attached hydrogen (secondary N) is 1. The maximum atomic E-state index is 11.8. The SMILES string of the molecule is COC(=O)C(C)(C)CN1CCCC(C2CCCN2)C1. The summed E-state index contributed by atoms with van der Waals surface area (Å²) in [7, 11) is 1.48. The minimum Gasteiger partial charge on any atom is -0.469 e. The van der Waals surface area contributed by atoms with Gasteiger partial charge in [-0.1, -0.05) is 0 Å². The highest BCUT2D eigenvalue weighted by molar-refractivity contribution is 5.76. The molecule has 2 aliphatic heterocycles. The Balaban J connectivity index is 1.88. The summed E-state index contributed by atoms with van der Waals surface area (Å²) in [5, 5.41) is 3.63. The minimum absolute atomic E-state index is 0.103. The summed E-state index contributed by atoms with van der Waals surface area (Å²) in [6, 6.07) is 0.698. The molecule has 19 heavy (non-hydrogen) atoms. The summed E-state index contributed by atoms with van der Waals surface area (Å²) in [5.74, 6) is 0.651. The molecule has 0 bridgehead atoms. The number of rotatable bonds is 4. The molecule has 2 fully saturated rings. The van der Waals surface area contributed by atoms with Crippen LogP contribution >= 0.6 is 0 Å². The van der Waals surface area contributed by atoms with Crippen molar-refractivity contribution in [1.29, 1.82) is 0 Å². The van der Waals surface area contributed by atoms with E-state index in [1.54, 1.807) is 0 Å². The lowest BCUT2D eigenvalue weighted by atomic mass is 9.87. The first kappa shape index (κ1) is 14.8. The van der Waals surface area contributed by atoms with Crippen molar-refractivity contribution in [3.63, 3.8) is 0 Å². The molecule has 110 valence electrons. The first-order chi connectivity index (χ1) is 9.03. The number of carbonyl (C=O) groups excluding carboxylic acids is 1. The van der Waals surface area contributed by atoms with Gasteiger partial charge in [0.15, 0.2) is 0 Å². The van der Waals surface area contributed by atoms with Gasteiger partial charge in [-0.05, 0) is 58.5 Å². The maximum absolute atomic E-state index is 11.8. The highest BCUT2D eigenvalue weighted by Gasteiger charge is 2.35. The Kier molecular flexibility index (Phi) is 4.85. The van der Waals surface area contributed by atoms with Crippen molar-refractivity contribution < 1.29 is 9.53 Å². The molecule has 2 rings (SSSR count). The fraction of sp³-hybridized carbons (Fsp3) is 0.933. The third-order valence-corrected chi connectivity index (χ3v) is 4.57. The van der Waals surface area contributed by atoms with Crippen LogP contribution in [0.4, 0.5) is 0 Å². The molecule has 0 aliphatic carbocycles. The number of methoxy groups -OCH3 is 1. The fourth-order valence-electron chi connectivity index (χ4n) is 3.58. The van der Waals surface area contributed by atoms with Gasteiger partial charge < -0.3 is 15.0 Å². The molecule has 0 aromatic rings. The van der Waals surface area contributed by atoms with E-state index in [9.17, 15) is 4.79 Å². The van der Waals surface area contributed by atoms with Crippen LogP contribution in [0.15, 0.2) is 0 Å². The van der Waals surface area contributed by atoms with Crippen molar-refractivity contribution in [3.05, 3.63) is 0 Å². The van der Waals surface area contributed by atoms with Crippen LogP contribution in [-0.2, 0) is 9.53 Å².